The highest BCUT2D eigenvalue weighted by atomic mass is 19.1. The maximum Gasteiger partial charge on any atom is 0.336 e. The number of benzene rings is 4. The molecule has 6 heteroatoms. The van der Waals surface area contributed by atoms with Crippen molar-refractivity contribution in [3.63, 3.8) is 0 Å². The van der Waals surface area contributed by atoms with Crippen molar-refractivity contribution in [3.8, 4) is 33.4 Å². The standard InChI is InChI=1S/C46H53FO5/c1-8-10-11-12-33-15-18-37(19-16-33)40-24-26-42(43(47)28-40)39-22-20-38(21-23-39)41-25-17-34(27-36(41)9-2)13-14-35(29-51-44(48)31(3)4)30-52-45(49)32(5)46(6,7)50/h15-28,35,50H,3,5,8-14,29-30H2,1-2,4,6-7H3. The highest BCUT2D eigenvalue weighted by molar-refractivity contribution is 5.89. The van der Waals surface area contributed by atoms with Crippen LogP contribution in [0.4, 0.5) is 4.39 Å². The summed E-state index contributed by atoms with van der Waals surface area (Å²) in [5, 5.41) is 10.1. The van der Waals surface area contributed by atoms with Gasteiger partial charge in [-0.25, -0.2) is 14.0 Å². The molecule has 0 spiro atoms. The first kappa shape index (κ1) is 40.0. The van der Waals surface area contributed by atoms with E-state index >= 15 is 4.39 Å². The SMILES string of the molecule is C=C(C)C(=O)OCC(CCc1ccc(-c2ccc(-c3ccc(-c4ccc(CCCCC)cc4)cc3F)cc2)c(CC)c1)COC(=O)C(=C)C(C)(C)O. The molecule has 52 heavy (non-hydrogen) atoms. The van der Waals surface area contributed by atoms with Gasteiger partial charge in [0, 0.05) is 17.1 Å². The molecule has 0 heterocycles. The third-order valence-corrected chi connectivity index (χ3v) is 9.46. The van der Waals surface area contributed by atoms with Gasteiger partial charge in [0.25, 0.3) is 0 Å². The predicted octanol–water partition coefficient (Wildman–Crippen LogP) is 10.7. The summed E-state index contributed by atoms with van der Waals surface area (Å²) >= 11 is 0. The van der Waals surface area contributed by atoms with Gasteiger partial charge in [-0.15, -0.1) is 0 Å². The van der Waals surface area contributed by atoms with Gasteiger partial charge in [-0.3, -0.25) is 0 Å². The summed E-state index contributed by atoms with van der Waals surface area (Å²) in [6, 6.07) is 28.3. The largest absolute Gasteiger partial charge is 0.462 e. The Labute approximate surface area is 309 Å². The van der Waals surface area contributed by atoms with E-state index in [1.807, 2.05) is 36.4 Å². The molecule has 0 bridgehead atoms. The van der Waals surface area contributed by atoms with Gasteiger partial charge in [-0.05, 0) is 103 Å². The summed E-state index contributed by atoms with van der Waals surface area (Å²) in [7, 11) is 0. The van der Waals surface area contributed by atoms with Crippen molar-refractivity contribution in [2.24, 2.45) is 5.92 Å². The Hall–Kier alpha value is -4.81. The van der Waals surface area contributed by atoms with Crippen molar-refractivity contribution in [1.82, 2.24) is 0 Å². The van der Waals surface area contributed by atoms with E-state index in [0.717, 1.165) is 46.2 Å². The van der Waals surface area contributed by atoms with Crippen LogP contribution in [0.5, 0.6) is 0 Å². The minimum Gasteiger partial charge on any atom is -0.462 e. The zero-order chi connectivity index (χ0) is 37.8. The molecule has 0 aliphatic heterocycles. The van der Waals surface area contributed by atoms with Gasteiger partial charge in [-0.1, -0.05) is 119 Å². The highest BCUT2D eigenvalue weighted by Crippen LogP contribution is 2.32. The lowest BCUT2D eigenvalue weighted by Gasteiger charge is -2.21. The van der Waals surface area contributed by atoms with Crippen LogP contribution in [0.15, 0.2) is 109 Å². The molecule has 1 atom stereocenters. The second-order valence-corrected chi connectivity index (χ2v) is 14.2. The van der Waals surface area contributed by atoms with Gasteiger partial charge in [0.2, 0.25) is 0 Å². The summed E-state index contributed by atoms with van der Waals surface area (Å²) in [4.78, 5) is 24.6. The maximum atomic E-state index is 15.4. The molecule has 5 nitrogen and oxygen atoms in total. The molecule has 0 aromatic heterocycles. The van der Waals surface area contributed by atoms with Crippen LogP contribution in [0.1, 0.15) is 77.0 Å². The lowest BCUT2D eigenvalue weighted by atomic mass is 9.92. The van der Waals surface area contributed by atoms with E-state index < -0.39 is 17.5 Å². The Morgan fingerprint density at radius 1 is 0.731 bits per heavy atom. The first-order chi connectivity index (χ1) is 24.8. The van der Waals surface area contributed by atoms with Crippen LogP contribution in [0.2, 0.25) is 0 Å². The van der Waals surface area contributed by atoms with Crippen LogP contribution < -0.4 is 0 Å². The van der Waals surface area contributed by atoms with Crippen LogP contribution in [-0.2, 0) is 38.3 Å². The molecule has 0 amide bonds. The van der Waals surface area contributed by atoms with Crippen LogP contribution in [-0.4, -0.2) is 35.9 Å². The van der Waals surface area contributed by atoms with E-state index in [2.05, 4.69) is 69.5 Å². The third-order valence-electron chi connectivity index (χ3n) is 9.46. The smallest absolute Gasteiger partial charge is 0.336 e. The minimum absolute atomic E-state index is 0.0120. The first-order valence-corrected chi connectivity index (χ1v) is 18.3. The van der Waals surface area contributed by atoms with Crippen molar-refractivity contribution >= 4 is 11.9 Å². The van der Waals surface area contributed by atoms with Crippen LogP contribution in [0.25, 0.3) is 33.4 Å². The maximum absolute atomic E-state index is 15.4. The molecular weight excluding hydrogens is 651 g/mol. The number of unbranched alkanes of at least 4 members (excludes halogenated alkanes) is 2. The molecule has 274 valence electrons. The number of aryl methyl sites for hydroxylation is 3. The summed E-state index contributed by atoms with van der Waals surface area (Å²) in [5.74, 6) is -1.71. The molecule has 0 saturated heterocycles. The molecule has 1 unspecified atom stereocenters. The van der Waals surface area contributed by atoms with E-state index in [-0.39, 0.29) is 30.5 Å². The van der Waals surface area contributed by atoms with E-state index in [0.29, 0.717) is 24.0 Å². The Balaban J connectivity index is 1.43. The van der Waals surface area contributed by atoms with Gasteiger partial charge in [0.05, 0.1) is 24.4 Å². The normalized spacial score (nSPS) is 11.9. The topological polar surface area (TPSA) is 72.8 Å². The summed E-state index contributed by atoms with van der Waals surface area (Å²) in [5.41, 5.74) is 7.86. The van der Waals surface area contributed by atoms with Gasteiger partial charge in [-0.2, -0.15) is 0 Å². The molecule has 0 aliphatic rings. The fourth-order valence-electron chi connectivity index (χ4n) is 6.01. The summed E-state index contributed by atoms with van der Waals surface area (Å²) in [6.45, 7) is 16.2. The van der Waals surface area contributed by atoms with E-state index in [1.165, 1.54) is 44.2 Å². The lowest BCUT2D eigenvalue weighted by Crippen LogP contribution is -2.30. The number of hydrogen-bond acceptors (Lipinski definition) is 5. The van der Waals surface area contributed by atoms with Crippen molar-refractivity contribution in [2.75, 3.05) is 13.2 Å². The number of esters is 2. The minimum atomic E-state index is -1.40. The number of rotatable bonds is 18. The van der Waals surface area contributed by atoms with Gasteiger partial charge in [0.1, 0.15) is 5.82 Å². The monoisotopic (exact) mass is 704 g/mol. The Morgan fingerprint density at radius 3 is 1.87 bits per heavy atom. The van der Waals surface area contributed by atoms with Crippen molar-refractivity contribution in [3.05, 3.63) is 132 Å². The second-order valence-electron chi connectivity index (χ2n) is 14.2. The fraction of sp³-hybridized carbons (Fsp3) is 0.348. The van der Waals surface area contributed by atoms with E-state index in [4.69, 9.17) is 9.47 Å². The Kier molecular flexibility index (Phi) is 14.3. The van der Waals surface area contributed by atoms with Crippen LogP contribution in [0, 0.1) is 11.7 Å². The first-order valence-electron chi connectivity index (χ1n) is 18.3. The number of ether oxygens (including phenoxy) is 2. The van der Waals surface area contributed by atoms with Crippen molar-refractivity contribution in [2.45, 2.75) is 85.2 Å². The van der Waals surface area contributed by atoms with Crippen LogP contribution in [0.3, 0.4) is 0 Å². The van der Waals surface area contributed by atoms with Crippen molar-refractivity contribution in [1.29, 1.82) is 0 Å². The molecule has 4 aromatic rings. The molecule has 0 fully saturated rings. The third kappa shape index (κ3) is 11.1. The molecule has 0 aliphatic carbocycles. The summed E-state index contributed by atoms with van der Waals surface area (Å²) in [6.07, 6.45) is 6.77. The quantitative estimate of drug-likeness (QED) is 0.0634. The average molecular weight is 705 g/mol. The van der Waals surface area contributed by atoms with Crippen molar-refractivity contribution < 1.29 is 28.6 Å². The number of carbonyl (C=O) groups is 2. The van der Waals surface area contributed by atoms with E-state index in [1.54, 1.807) is 13.0 Å². The Morgan fingerprint density at radius 2 is 1.29 bits per heavy atom. The molecule has 0 radical (unpaired) electrons. The van der Waals surface area contributed by atoms with E-state index in [9.17, 15) is 14.7 Å². The molecular formula is C46H53FO5. The zero-order valence-electron chi connectivity index (χ0n) is 31.4. The van der Waals surface area contributed by atoms with Gasteiger partial charge in [0.15, 0.2) is 0 Å². The lowest BCUT2D eigenvalue weighted by molar-refractivity contribution is -0.145. The zero-order valence-corrected chi connectivity index (χ0v) is 31.4. The average Bonchev–Trinajstić information content (AvgIpc) is 3.13. The highest BCUT2D eigenvalue weighted by Gasteiger charge is 2.26. The van der Waals surface area contributed by atoms with Crippen LogP contribution >= 0.6 is 0 Å². The fourth-order valence-corrected chi connectivity index (χ4v) is 6.01. The predicted molar refractivity (Wildman–Crippen MR) is 209 cm³/mol. The molecule has 0 saturated carbocycles. The number of carbonyl (C=O) groups excluding carboxylic acids is 2. The number of halogens is 1. The number of aliphatic hydroxyl groups is 1. The summed E-state index contributed by atoms with van der Waals surface area (Å²) < 4.78 is 26.3. The molecule has 4 rings (SSSR count). The second kappa shape index (κ2) is 18.6. The van der Waals surface area contributed by atoms with Gasteiger partial charge < -0.3 is 14.6 Å². The van der Waals surface area contributed by atoms with Gasteiger partial charge >= 0.3 is 11.9 Å². The molecule has 4 aromatic carbocycles. The Bertz CT molecular complexity index is 1850. The molecule has 1 N–H and O–H groups in total. The number of hydrogen-bond donors (Lipinski definition) is 1.